The van der Waals surface area contributed by atoms with Crippen LogP contribution in [-0.4, -0.2) is 9.67 Å². The number of aliphatic hydroxyl groups is 1. The van der Waals surface area contributed by atoms with Crippen LogP contribution in [0.4, 0.5) is 4.39 Å². The average Bonchev–Trinajstić information content (AvgIpc) is 2.78. The Balaban J connectivity index is 1.85. The van der Waals surface area contributed by atoms with Crippen molar-refractivity contribution in [2.24, 2.45) is 0 Å². The lowest BCUT2D eigenvalue weighted by Gasteiger charge is -2.16. The number of halogens is 2. The molecule has 1 unspecified atom stereocenters. The van der Waals surface area contributed by atoms with Gasteiger partial charge in [0.05, 0.1) is 11.1 Å². The van der Waals surface area contributed by atoms with E-state index in [4.69, 9.17) is 11.6 Å². The van der Waals surface area contributed by atoms with Crippen LogP contribution in [0.1, 0.15) is 35.6 Å². The summed E-state index contributed by atoms with van der Waals surface area (Å²) in [6, 6.07) is 4.85. The van der Waals surface area contributed by atoms with Gasteiger partial charge in [-0.1, -0.05) is 17.7 Å². The molecule has 0 radical (unpaired) electrons. The van der Waals surface area contributed by atoms with Gasteiger partial charge in [-0.3, -0.25) is 0 Å². The summed E-state index contributed by atoms with van der Waals surface area (Å²) in [6.45, 7) is 0.591. The molecule has 0 amide bonds. The topological polar surface area (TPSA) is 25.2 Å². The number of fused-ring (bicyclic) bond motifs is 1. The molecular formula is C15H15ClFNO. The largest absolute Gasteiger partial charge is 0.388 e. The van der Waals surface area contributed by atoms with E-state index in [0.29, 0.717) is 6.54 Å². The maximum absolute atomic E-state index is 13.4. The molecule has 4 heteroatoms. The number of rotatable bonds is 2. The molecule has 0 spiro atoms. The lowest BCUT2D eigenvalue weighted by Crippen LogP contribution is -2.05. The first-order chi connectivity index (χ1) is 9.13. The van der Waals surface area contributed by atoms with Crippen molar-refractivity contribution < 1.29 is 9.50 Å². The van der Waals surface area contributed by atoms with Crippen molar-refractivity contribution in [3.8, 4) is 0 Å². The second kappa shape index (κ2) is 4.99. The normalized spacial score (nSPS) is 18.4. The molecule has 1 aliphatic carbocycles. The average molecular weight is 280 g/mol. The minimum atomic E-state index is -0.392. The van der Waals surface area contributed by atoms with Crippen LogP contribution in [0.5, 0.6) is 0 Å². The van der Waals surface area contributed by atoms with Crippen LogP contribution in [0.25, 0.3) is 0 Å². The zero-order chi connectivity index (χ0) is 13.4. The van der Waals surface area contributed by atoms with Gasteiger partial charge in [0, 0.05) is 24.5 Å². The summed E-state index contributed by atoms with van der Waals surface area (Å²) in [5.74, 6) is -0.392. The Morgan fingerprint density at radius 1 is 1.37 bits per heavy atom. The Hall–Kier alpha value is -1.32. The summed E-state index contributed by atoms with van der Waals surface area (Å²) >= 11 is 5.67. The highest BCUT2D eigenvalue weighted by Gasteiger charge is 2.19. The van der Waals surface area contributed by atoms with E-state index in [2.05, 4.69) is 0 Å². The SMILES string of the molecule is OC1CCCc2cn(Cc3ccc(Cl)c(F)c3)cc21. The van der Waals surface area contributed by atoms with Crippen LogP contribution in [0.15, 0.2) is 30.6 Å². The highest BCUT2D eigenvalue weighted by atomic mass is 35.5. The molecule has 0 saturated carbocycles. The summed E-state index contributed by atoms with van der Waals surface area (Å²) < 4.78 is 15.4. The molecule has 1 aliphatic rings. The third kappa shape index (κ3) is 2.53. The molecule has 0 aliphatic heterocycles. The first kappa shape index (κ1) is 12.7. The number of benzene rings is 1. The fourth-order valence-electron chi connectivity index (χ4n) is 2.66. The molecule has 1 atom stereocenters. The van der Waals surface area contributed by atoms with Gasteiger partial charge in [0.1, 0.15) is 5.82 Å². The van der Waals surface area contributed by atoms with E-state index in [1.165, 1.54) is 11.6 Å². The molecule has 2 aromatic rings. The van der Waals surface area contributed by atoms with Crippen molar-refractivity contribution in [3.63, 3.8) is 0 Å². The van der Waals surface area contributed by atoms with Crippen molar-refractivity contribution in [2.45, 2.75) is 31.9 Å². The van der Waals surface area contributed by atoms with E-state index in [-0.39, 0.29) is 11.1 Å². The first-order valence-electron chi connectivity index (χ1n) is 6.44. The predicted octanol–water partition coefficient (Wildman–Crippen LogP) is 3.70. The molecule has 1 aromatic heterocycles. The van der Waals surface area contributed by atoms with Crippen LogP contribution in [-0.2, 0) is 13.0 Å². The van der Waals surface area contributed by atoms with Crippen LogP contribution >= 0.6 is 11.6 Å². The lowest BCUT2D eigenvalue weighted by molar-refractivity contribution is 0.157. The number of hydrogen-bond donors (Lipinski definition) is 1. The summed E-state index contributed by atoms with van der Waals surface area (Å²) in [5.41, 5.74) is 3.08. The highest BCUT2D eigenvalue weighted by Crippen LogP contribution is 2.30. The van der Waals surface area contributed by atoms with Crippen LogP contribution < -0.4 is 0 Å². The van der Waals surface area contributed by atoms with Gasteiger partial charge < -0.3 is 9.67 Å². The van der Waals surface area contributed by atoms with Crippen molar-refractivity contribution in [3.05, 3.63) is 58.1 Å². The molecule has 0 fully saturated rings. The van der Waals surface area contributed by atoms with E-state index < -0.39 is 5.82 Å². The fourth-order valence-corrected chi connectivity index (χ4v) is 2.78. The van der Waals surface area contributed by atoms with E-state index >= 15 is 0 Å². The molecule has 1 N–H and O–H groups in total. The van der Waals surface area contributed by atoms with Gasteiger partial charge in [0.2, 0.25) is 0 Å². The Morgan fingerprint density at radius 3 is 2.95 bits per heavy atom. The Bertz CT molecular complexity index is 608. The predicted molar refractivity (Wildman–Crippen MR) is 72.8 cm³/mol. The molecule has 0 saturated heterocycles. The Kier molecular flexibility index (Phi) is 3.33. The summed E-state index contributed by atoms with van der Waals surface area (Å²) in [7, 11) is 0. The number of aromatic nitrogens is 1. The Morgan fingerprint density at radius 2 is 2.21 bits per heavy atom. The molecular weight excluding hydrogens is 265 g/mol. The second-order valence-corrected chi connectivity index (χ2v) is 5.47. The van der Waals surface area contributed by atoms with Crippen molar-refractivity contribution in [1.82, 2.24) is 4.57 Å². The van der Waals surface area contributed by atoms with Gasteiger partial charge in [0.25, 0.3) is 0 Å². The Labute approximate surface area is 116 Å². The lowest BCUT2D eigenvalue weighted by atomic mass is 9.93. The van der Waals surface area contributed by atoms with Gasteiger partial charge in [-0.05, 0) is 42.5 Å². The van der Waals surface area contributed by atoms with Crippen molar-refractivity contribution in [1.29, 1.82) is 0 Å². The molecule has 100 valence electrons. The van der Waals surface area contributed by atoms with Gasteiger partial charge in [-0.2, -0.15) is 0 Å². The number of nitrogens with zero attached hydrogens (tertiary/aromatic N) is 1. The van der Waals surface area contributed by atoms with E-state index in [1.807, 2.05) is 23.0 Å². The summed E-state index contributed by atoms with van der Waals surface area (Å²) in [4.78, 5) is 0. The van der Waals surface area contributed by atoms with Crippen molar-refractivity contribution in [2.75, 3.05) is 0 Å². The van der Waals surface area contributed by atoms with Crippen LogP contribution in [0, 0.1) is 5.82 Å². The molecule has 3 rings (SSSR count). The third-order valence-electron chi connectivity index (χ3n) is 3.63. The summed E-state index contributed by atoms with van der Waals surface area (Å²) in [6.07, 6.45) is 6.51. The van der Waals surface area contributed by atoms with Crippen LogP contribution in [0.3, 0.4) is 0 Å². The zero-order valence-electron chi connectivity index (χ0n) is 10.4. The summed E-state index contributed by atoms with van der Waals surface area (Å²) in [5, 5.41) is 10.1. The van der Waals surface area contributed by atoms with E-state index in [9.17, 15) is 9.50 Å². The maximum atomic E-state index is 13.4. The molecule has 19 heavy (non-hydrogen) atoms. The van der Waals surface area contributed by atoms with Gasteiger partial charge in [-0.15, -0.1) is 0 Å². The standard InChI is InChI=1S/C15H15ClFNO/c16-13-5-4-10(6-14(13)17)7-18-8-11-2-1-3-15(19)12(11)9-18/h4-6,8-9,15,19H,1-3,7H2. The van der Waals surface area contributed by atoms with Crippen molar-refractivity contribution >= 4 is 11.6 Å². The van der Waals surface area contributed by atoms with Gasteiger partial charge in [-0.25, -0.2) is 4.39 Å². The van der Waals surface area contributed by atoms with Gasteiger partial charge in [0.15, 0.2) is 0 Å². The highest BCUT2D eigenvalue weighted by molar-refractivity contribution is 6.30. The first-order valence-corrected chi connectivity index (χ1v) is 6.82. The zero-order valence-corrected chi connectivity index (χ0v) is 11.2. The monoisotopic (exact) mass is 279 g/mol. The molecule has 1 aromatic carbocycles. The minimum Gasteiger partial charge on any atom is -0.388 e. The maximum Gasteiger partial charge on any atom is 0.142 e. The second-order valence-electron chi connectivity index (χ2n) is 5.07. The minimum absolute atomic E-state index is 0.144. The number of hydrogen-bond acceptors (Lipinski definition) is 1. The van der Waals surface area contributed by atoms with E-state index in [0.717, 1.165) is 30.4 Å². The number of aliphatic hydroxyl groups excluding tert-OH is 1. The molecule has 2 nitrogen and oxygen atoms in total. The van der Waals surface area contributed by atoms with Crippen LogP contribution in [0.2, 0.25) is 5.02 Å². The fraction of sp³-hybridized carbons (Fsp3) is 0.333. The smallest absolute Gasteiger partial charge is 0.142 e. The van der Waals surface area contributed by atoms with Gasteiger partial charge >= 0.3 is 0 Å². The third-order valence-corrected chi connectivity index (χ3v) is 3.94. The number of aryl methyl sites for hydroxylation is 1. The quantitative estimate of drug-likeness (QED) is 0.891. The van der Waals surface area contributed by atoms with E-state index in [1.54, 1.807) is 6.07 Å². The molecule has 1 heterocycles. The molecule has 0 bridgehead atoms.